The molecule has 18 heavy (non-hydrogen) atoms. The van der Waals surface area contributed by atoms with Crippen molar-refractivity contribution in [1.82, 2.24) is 5.32 Å². The number of carbonyl (C=O) groups is 1. The molecule has 0 aliphatic heterocycles. The maximum Gasteiger partial charge on any atom is 0.220 e. The van der Waals surface area contributed by atoms with Gasteiger partial charge >= 0.3 is 0 Å². The van der Waals surface area contributed by atoms with Gasteiger partial charge in [-0.3, -0.25) is 4.79 Å². The number of nitrogens with one attached hydrogen (secondary N) is 1. The number of benzene rings is 1. The average molecular weight is 249 g/mol. The zero-order valence-electron chi connectivity index (χ0n) is 10.9. The fraction of sp³-hybridized carbons (Fsp3) is 0.533. The van der Waals surface area contributed by atoms with Gasteiger partial charge in [0.15, 0.2) is 0 Å². The molecule has 3 heteroatoms. The molecule has 1 amide bonds. The van der Waals surface area contributed by atoms with Crippen molar-refractivity contribution in [3.8, 4) is 0 Å². The summed E-state index contributed by atoms with van der Waals surface area (Å²) in [6.45, 7) is 1.02. The van der Waals surface area contributed by atoms with Crippen molar-refractivity contribution in [3.05, 3.63) is 35.9 Å². The van der Waals surface area contributed by atoms with E-state index in [4.69, 9.17) is 5.11 Å². The van der Waals surface area contributed by atoms with Gasteiger partial charge in [0.1, 0.15) is 0 Å². The number of aryl methyl sites for hydroxylation is 1. The molecule has 2 N–H and O–H groups in total. The van der Waals surface area contributed by atoms with Gasteiger partial charge < -0.3 is 10.4 Å². The Morgan fingerprint density at radius 2 is 1.78 bits per heavy atom. The molecule has 1 aromatic carbocycles. The summed E-state index contributed by atoms with van der Waals surface area (Å²) in [5.41, 5.74) is 1.20. The number of rotatable bonds is 9. The van der Waals surface area contributed by atoms with E-state index >= 15 is 0 Å². The Morgan fingerprint density at radius 3 is 2.50 bits per heavy atom. The van der Waals surface area contributed by atoms with E-state index in [1.165, 1.54) is 5.56 Å². The van der Waals surface area contributed by atoms with Crippen LogP contribution in [-0.4, -0.2) is 24.2 Å². The molecule has 0 saturated heterocycles. The quantitative estimate of drug-likeness (QED) is 0.660. The number of aliphatic hydroxyl groups is 1. The number of aliphatic hydroxyl groups excluding tert-OH is 1. The molecule has 0 bridgehead atoms. The van der Waals surface area contributed by atoms with Gasteiger partial charge in [-0.25, -0.2) is 0 Å². The lowest BCUT2D eigenvalue weighted by Gasteiger charge is -2.05. The summed E-state index contributed by atoms with van der Waals surface area (Å²) in [7, 11) is 0. The molecule has 0 aromatic heterocycles. The SMILES string of the molecule is O=C(CCc1ccccc1)NCCCCCCO. The van der Waals surface area contributed by atoms with Gasteiger partial charge in [-0.2, -0.15) is 0 Å². The Morgan fingerprint density at radius 1 is 1.06 bits per heavy atom. The molecule has 0 heterocycles. The van der Waals surface area contributed by atoms with Crippen LogP contribution in [0.2, 0.25) is 0 Å². The number of unbranched alkanes of at least 4 members (excludes halogenated alkanes) is 3. The first-order valence-electron chi connectivity index (χ1n) is 6.74. The molecule has 1 rings (SSSR count). The Kier molecular flexibility index (Phi) is 7.89. The number of hydrogen-bond acceptors (Lipinski definition) is 2. The van der Waals surface area contributed by atoms with Crippen LogP contribution < -0.4 is 5.32 Å². The van der Waals surface area contributed by atoms with Gasteiger partial charge in [0.2, 0.25) is 5.91 Å². The van der Waals surface area contributed by atoms with Crippen LogP contribution in [0.4, 0.5) is 0 Å². The standard InChI is InChI=1S/C15H23NO2/c17-13-7-2-1-6-12-16-15(18)11-10-14-8-4-3-5-9-14/h3-5,8-9,17H,1-2,6-7,10-13H2,(H,16,18). The topological polar surface area (TPSA) is 49.3 Å². The second-order valence-corrected chi connectivity index (χ2v) is 4.47. The van der Waals surface area contributed by atoms with Gasteiger partial charge in [0.05, 0.1) is 0 Å². The third-order valence-corrected chi connectivity index (χ3v) is 2.89. The van der Waals surface area contributed by atoms with Crippen molar-refractivity contribution in [2.75, 3.05) is 13.2 Å². The predicted molar refractivity (Wildman–Crippen MR) is 73.3 cm³/mol. The van der Waals surface area contributed by atoms with Crippen molar-refractivity contribution < 1.29 is 9.90 Å². The highest BCUT2D eigenvalue weighted by atomic mass is 16.2. The summed E-state index contributed by atoms with van der Waals surface area (Å²) >= 11 is 0. The van der Waals surface area contributed by atoms with E-state index in [-0.39, 0.29) is 12.5 Å². The van der Waals surface area contributed by atoms with E-state index in [0.717, 1.165) is 38.6 Å². The molecule has 100 valence electrons. The molecule has 0 aliphatic rings. The third kappa shape index (κ3) is 7.07. The van der Waals surface area contributed by atoms with E-state index in [2.05, 4.69) is 5.32 Å². The van der Waals surface area contributed by atoms with Crippen molar-refractivity contribution in [3.63, 3.8) is 0 Å². The van der Waals surface area contributed by atoms with Gasteiger partial charge in [0.25, 0.3) is 0 Å². The molecule has 1 aromatic rings. The summed E-state index contributed by atoms with van der Waals surface area (Å²) in [4.78, 5) is 11.6. The molecular formula is C15H23NO2. The molecule has 0 atom stereocenters. The van der Waals surface area contributed by atoms with Crippen molar-refractivity contribution in [2.45, 2.75) is 38.5 Å². The maximum absolute atomic E-state index is 11.6. The molecular weight excluding hydrogens is 226 g/mol. The minimum atomic E-state index is 0.126. The van der Waals surface area contributed by atoms with Gasteiger partial charge in [0, 0.05) is 19.6 Å². The number of carbonyl (C=O) groups excluding carboxylic acids is 1. The highest BCUT2D eigenvalue weighted by molar-refractivity contribution is 5.76. The maximum atomic E-state index is 11.6. The largest absolute Gasteiger partial charge is 0.396 e. The van der Waals surface area contributed by atoms with E-state index in [1.54, 1.807) is 0 Å². The van der Waals surface area contributed by atoms with Crippen molar-refractivity contribution in [1.29, 1.82) is 0 Å². The molecule has 0 saturated carbocycles. The Hall–Kier alpha value is -1.35. The predicted octanol–water partition coefficient (Wildman–Crippen LogP) is 2.29. The summed E-state index contributed by atoms with van der Waals surface area (Å²) in [5, 5.41) is 11.5. The van der Waals surface area contributed by atoms with Crippen molar-refractivity contribution >= 4 is 5.91 Å². The molecule has 0 unspecified atom stereocenters. The van der Waals surface area contributed by atoms with Gasteiger partial charge in [-0.1, -0.05) is 43.2 Å². The van der Waals surface area contributed by atoms with Crippen LogP contribution in [0.3, 0.4) is 0 Å². The summed E-state index contributed by atoms with van der Waals surface area (Å²) in [6, 6.07) is 10.1. The van der Waals surface area contributed by atoms with Crippen LogP contribution >= 0.6 is 0 Å². The average Bonchev–Trinajstić information content (AvgIpc) is 2.41. The normalized spacial score (nSPS) is 10.3. The smallest absolute Gasteiger partial charge is 0.220 e. The first-order valence-corrected chi connectivity index (χ1v) is 6.74. The zero-order valence-corrected chi connectivity index (χ0v) is 10.9. The number of hydrogen-bond donors (Lipinski definition) is 2. The lowest BCUT2D eigenvalue weighted by Crippen LogP contribution is -2.24. The zero-order chi connectivity index (χ0) is 13.1. The van der Waals surface area contributed by atoms with E-state index < -0.39 is 0 Å². The molecule has 0 spiro atoms. The number of amides is 1. The third-order valence-electron chi connectivity index (χ3n) is 2.89. The van der Waals surface area contributed by atoms with Crippen LogP contribution in [-0.2, 0) is 11.2 Å². The lowest BCUT2D eigenvalue weighted by atomic mass is 10.1. The minimum Gasteiger partial charge on any atom is -0.396 e. The second kappa shape index (κ2) is 9.66. The summed E-state index contributed by atoms with van der Waals surface area (Å²) in [5.74, 6) is 0.126. The molecule has 0 aliphatic carbocycles. The fourth-order valence-electron chi connectivity index (χ4n) is 1.81. The van der Waals surface area contributed by atoms with Gasteiger partial charge in [-0.05, 0) is 24.8 Å². The van der Waals surface area contributed by atoms with Gasteiger partial charge in [-0.15, -0.1) is 0 Å². The fourth-order valence-corrected chi connectivity index (χ4v) is 1.81. The van der Waals surface area contributed by atoms with Crippen LogP contribution in [0.1, 0.15) is 37.7 Å². The first-order chi connectivity index (χ1) is 8.83. The summed E-state index contributed by atoms with van der Waals surface area (Å²) in [6.07, 6.45) is 5.33. The van der Waals surface area contributed by atoms with E-state index in [9.17, 15) is 4.79 Å². The summed E-state index contributed by atoms with van der Waals surface area (Å²) < 4.78 is 0. The Balaban J connectivity index is 2.01. The lowest BCUT2D eigenvalue weighted by molar-refractivity contribution is -0.121. The highest BCUT2D eigenvalue weighted by Crippen LogP contribution is 2.02. The minimum absolute atomic E-state index is 0.126. The van der Waals surface area contributed by atoms with E-state index in [0.29, 0.717) is 6.42 Å². The molecule has 3 nitrogen and oxygen atoms in total. The van der Waals surface area contributed by atoms with Crippen LogP contribution in [0.25, 0.3) is 0 Å². The second-order valence-electron chi connectivity index (χ2n) is 4.47. The van der Waals surface area contributed by atoms with Crippen LogP contribution in [0.5, 0.6) is 0 Å². The molecule has 0 fully saturated rings. The van der Waals surface area contributed by atoms with Crippen molar-refractivity contribution in [2.24, 2.45) is 0 Å². The molecule has 0 radical (unpaired) electrons. The first kappa shape index (κ1) is 14.7. The highest BCUT2D eigenvalue weighted by Gasteiger charge is 2.01. The van der Waals surface area contributed by atoms with Crippen LogP contribution in [0, 0.1) is 0 Å². The monoisotopic (exact) mass is 249 g/mol. The van der Waals surface area contributed by atoms with E-state index in [1.807, 2.05) is 30.3 Å². The van der Waals surface area contributed by atoms with Crippen LogP contribution in [0.15, 0.2) is 30.3 Å². The Bertz CT molecular complexity index is 325. The Labute approximate surface area is 109 Å².